The summed E-state index contributed by atoms with van der Waals surface area (Å²) in [6.07, 6.45) is 1.70. The van der Waals surface area contributed by atoms with E-state index in [1.807, 2.05) is 13.8 Å². The summed E-state index contributed by atoms with van der Waals surface area (Å²) < 4.78 is 6.85. The highest BCUT2D eigenvalue weighted by atomic mass is 32.1. The van der Waals surface area contributed by atoms with Gasteiger partial charge in [-0.15, -0.1) is 11.3 Å². The molecule has 0 atom stereocenters. The maximum atomic E-state index is 12.6. The average molecular weight is 363 g/mol. The molecular weight excluding hydrogens is 342 g/mol. The Morgan fingerprint density at radius 3 is 2.72 bits per heavy atom. The SMILES string of the molecule is CCN(CC)C(=O)COC(=O)c1sc2nc3n(c(=O)c2c1C)CCC3. The molecule has 0 saturated carbocycles. The summed E-state index contributed by atoms with van der Waals surface area (Å²) in [6.45, 7) is 6.99. The van der Waals surface area contributed by atoms with Gasteiger partial charge in [0.25, 0.3) is 11.5 Å². The van der Waals surface area contributed by atoms with E-state index >= 15 is 0 Å². The van der Waals surface area contributed by atoms with Crippen LogP contribution in [0.2, 0.25) is 0 Å². The molecule has 0 radical (unpaired) electrons. The molecule has 25 heavy (non-hydrogen) atoms. The molecule has 8 heteroatoms. The first kappa shape index (κ1) is 17.6. The van der Waals surface area contributed by atoms with Crippen molar-refractivity contribution >= 4 is 33.4 Å². The van der Waals surface area contributed by atoms with Gasteiger partial charge in [-0.05, 0) is 32.8 Å². The van der Waals surface area contributed by atoms with Crippen LogP contribution >= 0.6 is 11.3 Å². The monoisotopic (exact) mass is 363 g/mol. The number of amides is 1. The highest BCUT2D eigenvalue weighted by Gasteiger charge is 2.24. The van der Waals surface area contributed by atoms with Crippen LogP contribution in [0.5, 0.6) is 0 Å². The Balaban J connectivity index is 1.86. The number of hydrogen-bond acceptors (Lipinski definition) is 6. The lowest BCUT2D eigenvalue weighted by Crippen LogP contribution is -2.34. The Bertz CT molecular complexity index is 895. The van der Waals surface area contributed by atoms with Crippen LogP contribution in [-0.2, 0) is 22.5 Å². The fourth-order valence-corrected chi connectivity index (χ4v) is 4.21. The van der Waals surface area contributed by atoms with Crippen LogP contribution in [0.3, 0.4) is 0 Å². The molecule has 3 rings (SSSR count). The molecule has 1 amide bonds. The number of esters is 1. The number of likely N-dealkylation sites (N-methyl/N-ethyl adjacent to an activating group) is 1. The van der Waals surface area contributed by atoms with Gasteiger partial charge in [0.1, 0.15) is 15.5 Å². The van der Waals surface area contributed by atoms with Gasteiger partial charge in [0.05, 0.1) is 5.39 Å². The zero-order valence-corrected chi connectivity index (χ0v) is 15.4. The molecule has 0 fully saturated rings. The van der Waals surface area contributed by atoms with E-state index in [9.17, 15) is 14.4 Å². The van der Waals surface area contributed by atoms with Gasteiger partial charge in [0.15, 0.2) is 6.61 Å². The zero-order chi connectivity index (χ0) is 18.1. The van der Waals surface area contributed by atoms with Crippen molar-refractivity contribution in [3.63, 3.8) is 0 Å². The summed E-state index contributed by atoms with van der Waals surface area (Å²) in [6, 6.07) is 0. The minimum absolute atomic E-state index is 0.0930. The molecule has 0 unspecified atom stereocenters. The number of aryl methyl sites for hydroxylation is 2. The number of carbonyl (C=O) groups is 2. The molecule has 0 N–H and O–H groups in total. The van der Waals surface area contributed by atoms with Gasteiger partial charge in [0.2, 0.25) is 0 Å². The fourth-order valence-electron chi connectivity index (χ4n) is 3.13. The largest absolute Gasteiger partial charge is 0.451 e. The summed E-state index contributed by atoms with van der Waals surface area (Å²) in [5, 5.41) is 0.484. The van der Waals surface area contributed by atoms with Crippen molar-refractivity contribution in [1.29, 1.82) is 0 Å². The van der Waals surface area contributed by atoms with Crippen molar-refractivity contribution in [2.24, 2.45) is 0 Å². The first-order chi connectivity index (χ1) is 12.0. The molecule has 0 aliphatic carbocycles. The number of carbonyl (C=O) groups excluding carboxylic acids is 2. The summed E-state index contributed by atoms with van der Waals surface area (Å²) in [5.74, 6) is -0.0322. The van der Waals surface area contributed by atoms with Crippen LogP contribution in [-0.4, -0.2) is 46.0 Å². The summed E-state index contributed by atoms with van der Waals surface area (Å²) in [7, 11) is 0. The first-order valence-electron chi connectivity index (χ1n) is 8.45. The smallest absolute Gasteiger partial charge is 0.349 e. The molecular formula is C17H21N3O4S. The standard InChI is InChI=1S/C17H21N3O4S/c1-4-19(5-2)12(21)9-24-17(23)14-10(3)13-15(25-14)18-11-7-6-8-20(11)16(13)22/h4-9H2,1-3H3. The van der Waals surface area contributed by atoms with E-state index in [0.717, 1.165) is 30.0 Å². The third-order valence-electron chi connectivity index (χ3n) is 4.54. The molecule has 0 saturated heterocycles. The highest BCUT2D eigenvalue weighted by Crippen LogP contribution is 2.29. The zero-order valence-electron chi connectivity index (χ0n) is 14.6. The van der Waals surface area contributed by atoms with Crippen molar-refractivity contribution in [3.05, 3.63) is 26.6 Å². The third kappa shape index (κ3) is 3.06. The van der Waals surface area contributed by atoms with Gasteiger partial charge in [0, 0.05) is 26.1 Å². The molecule has 3 heterocycles. The number of rotatable bonds is 5. The van der Waals surface area contributed by atoms with E-state index < -0.39 is 5.97 Å². The van der Waals surface area contributed by atoms with E-state index in [0.29, 0.717) is 40.3 Å². The Morgan fingerprint density at radius 2 is 2.04 bits per heavy atom. The lowest BCUT2D eigenvalue weighted by atomic mass is 10.2. The van der Waals surface area contributed by atoms with Crippen molar-refractivity contribution in [3.8, 4) is 0 Å². The normalized spacial score (nSPS) is 13.1. The van der Waals surface area contributed by atoms with E-state index in [-0.39, 0.29) is 18.1 Å². The predicted octanol–water partition coefficient (Wildman–Crippen LogP) is 1.74. The number of aromatic nitrogens is 2. The van der Waals surface area contributed by atoms with Crippen molar-refractivity contribution < 1.29 is 14.3 Å². The minimum Gasteiger partial charge on any atom is -0.451 e. The summed E-state index contributed by atoms with van der Waals surface area (Å²) in [4.78, 5) is 44.0. The minimum atomic E-state index is -0.578. The van der Waals surface area contributed by atoms with Crippen LogP contribution in [0, 0.1) is 6.92 Å². The van der Waals surface area contributed by atoms with Crippen molar-refractivity contribution in [2.45, 2.75) is 40.2 Å². The van der Waals surface area contributed by atoms with E-state index in [4.69, 9.17) is 4.74 Å². The van der Waals surface area contributed by atoms with Crippen LogP contribution in [0.1, 0.15) is 41.3 Å². The van der Waals surface area contributed by atoms with E-state index in [1.54, 1.807) is 16.4 Å². The lowest BCUT2D eigenvalue weighted by Gasteiger charge is -2.18. The van der Waals surface area contributed by atoms with Gasteiger partial charge >= 0.3 is 5.97 Å². The second kappa shape index (κ2) is 6.95. The quantitative estimate of drug-likeness (QED) is 0.756. The molecule has 0 spiro atoms. The van der Waals surface area contributed by atoms with Gasteiger partial charge in [-0.2, -0.15) is 0 Å². The number of hydrogen-bond donors (Lipinski definition) is 0. The molecule has 134 valence electrons. The van der Waals surface area contributed by atoms with Gasteiger partial charge in [-0.1, -0.05) is 0 Å². The topological polar surface area (TPSA) is 81.5 Å². The van der Waals surface area contributed by atoms with Gasteiger partial charge in [-0.25, -0.2) is 9.78 Å². The Morgan fingerprint density at radius 1 is 1.32 bits per heavy atom. The molecule has 7 nitrogen and oxygen atoms in total. The molecule has 2 aromatic rings. The maximum absolute atomic E-state index is 12.6. The van der Waals surface area contributed by atoms with Crippen molar-refractivity contribution in [1.82, 2.24) is 14.5 Å². The lowest BCUT2D eigenvalue weighted by molar-refractivity contribution is -0.134. The predicted molar refractivity (Wildman–Crippen MR) is 95.1 cm³/mol. The third-order valence-corrected chi connectivity index (χ3v) is 5.71. The second-order valence-electron chi connectivity index (χ2n) is 5.97. The highest BCUT2D eigenvalue weighted by molar-refractivity contribution is 7.20. The Labute approximate surface area is 149 Å². The Hall–Kier alpha value is -2.22. The molecule has 0 aromatic carbocycles. The number of thiophene rings is 1. The van der Waals surface area contributed by atoms with Gasteiger partial charge in [-0.3, -0.25) is 14.2 Å². The van der Waals surface area contributed by atoms with Gasteiger partial charge < -0.3 is 9.64 Å². The molecule has 1 aliphatic heterocycles. The van der Waals surface area contributed by atoms with Crippen LogP contribution in [0.15, 0.2) is 4.79 Å². The van der Waals surface area contributed by atoms with Crippen LogP contribution in [0.25, 0.3) is 10.2 Å². The van der Waals surface area contributed by atoms with E-state index in [2.05, 4.69) is 4.98 Å². The fraction of sp³-hybridized carbons (Fsp3) is 0.529. The molecule has 2 aromatic heterocycles. The summed E-state index contributed by atoms with van der Waals surface area (Å²) in [5.41, 5.74) is 0.490. The molecule has 0 bridgehead atoms. The molecule has 1 aliphatic rings. The number of nitrogens with zero attached hydrogens (tertiary/aromatic N) is 3. The average Bonchev–Trinajstić information content (AvgIpc) is 3.19. The maximum Gasteiger partial charge on any atom is 0.349 e. The number of fused-ring (bicyclic) bond motifs is 2. The second-order valence-corrected chi connectivity index (χ2v) is 6.97. The van der Waals surface area contributed by atoms with Crippen LogP contribution < -0.4 is 5.56 Å². The Kier molecular flexibility index (Phi) is 4.89. The first-order valence-corrected chi connectivity index (χ1v) is 9.27. The number of ether oxygens (including phenoxy) is 1. The van der Waals surface area contributed by atoms with Crippen molar-refractivity contribution in [2.75, 3.05) is 19.7 Å². The summed E-state index contributed by atoms with van der Waals surface area (Å²) >= 11 is 1.16. The van der Waals surface area contributed by atoms with E-state index in [1.165, 1.54) is 0 Å². The van der Waals surface area contributed by atoms with Crippen LogP contribution in [0.4, 0.5) is 0 Å².